The van der Waals surface area contributed by atoms with E-state index in [1.165, 1.54) is 19.5 Å². The maximum absolute atomic E-state index is 11.6. The number of carbonyl (C=O) groups excluding carboxylic acids is 1. The van der Waals surface area contributed by atoms with Gasteiger partial charge >= 0.3 is 11.9 Å². The van der Waals surface area contributed by atoms with Crippen LogP contribution in [0.3, 0.4) is 0 Å². The Hall–Kier alpha value is -3.85. The molecule has 1 aromatic heterocycles. The average Bonchev–Trinajstić information content (AvgIpc) is 3.24. The number of aromatic carboxylic acids is 1. The minimum absolute atomic E-state index is 0.151. The Morgan fingerprint density at radius 3 is 2.73 bits per heavy atom. The van der Waals surface area contributed by atoms with Crippen molar-refractivity contribution in [2.45, 2.75) is 6.42 Å². The van der Waals surface area contributed by atoms with E-state index in [1.807, 2.05) is 24.3 Å². The van der Waals surface area contributed by atoms with Crippen molar-refractivity contribution in [3.05, 3.63) is 65.7 Å². The maximum atomic E-state index is 11.6. The molecule has 1 heterocycles. The summed E-state index contributed by atoms with van der Waals surface area (Å²) in [6.45, 7) is 0.354. The van der Waals surface area contributed by atoms with Crippen LogP contribution in [0.25, 0.3) is 5.69 Å². The lowest BCUT2D eigenvalue weighted by Gasteiger charge is -2.16. The summed E-state index contributed by atoms with van der Waals surface area (Å²) >= 11 is 0. The van der Waals surface area contributed by atoms with E-state index in [9.17, 15) is 14.7 Å². The molecule has 0 amide bonds. The second kappa shape index (κ2) is 9.10. The molecule has 4 N–H and O–H groups in total. The summed E-state index contributed by atoms with van der Waals surface area (Å²) in [5.74, 6) is -1.55. The van der Waals surface area contributed by atoms with Crippen LogP contribution in [0.4, 0.5) is 17.1 Å². The van der Waals surface area contributed by atoms with E-state index < -0.39 is 11.9 Å². The van der Waals surface area contributed by atoms with Crippen molar-refractivity contribution in [1.82, 2.24) is 9.55 Å². The summed E-state index contributed by atoms with van der Waals surface area (Å²) in [7, 11) is 2.85. The Balaban J connectivity index is 1.90. The molecule has 0 aliphatic rings. The molecule has 0 spiro atoms. The van der Waals surface area contributed by atoms with Crippen molar-refractivity contribution in [3.63, 3.8) is 0 Å². The molecule has 0 bridgehead atoms. The number of ether oxygens (including phenoxy) is 2. The number of methoxy groups -OCH3 is 2. The monoisotopic (exact) mass is 410 g/mol. The van der Waals surface area contributed by atoms with Crippen molar-refractivity contribution in [2.24, 2.45) is 0 Å². The van der Waals surface area contributed by atoms with Crippen LogP contribution in [0.2, 0.25) is 0 Å². The largest absolute Gasteiger partial charge is 0.478 e. The lowest BCUT2D eigenvalue weighted by molar-refractivity contribution is 0.0593. The number of hydrogen-bond acceptors (Lipinski definition) is 7. The molecule has 3 aromatic rings. The molecule has 0 aliphatic heterocycles. The third-order valence-electron chi connectivity index (χ3n) is 4.54. The number of hydrogen-bond donors (Lipinski definition) is 3. The molecule has 0 saturated carbocycles. The average molecular weight is 410 g/mol. The topological polar surface area (TPSA) is 129 Å². The number of nitrogens with two attached hydrogens (primary N) is 1. The smallest absolute Gasteiger partial charge is 0.358 e. The minimum Gasteiger partial charge on any atom is -0.478 e. The highest BCUT2D eigenvalue weighted by atomic mass is 16.5. The lowest BCUT2D eigenvalue weighted by atomic mass is 10.0. The fourth-order valence-corrected chi connectivity index (χ4v) is 3.02. The molecular weight excluding hydrogens is 388 g/mol. The third kappa shape index (κ3) is 4.41. The third-order valence-corrected chi connectivity index (χ3v) is 4.54. The first-order valence-electron chi connectivity index (χ1n) is 9.08. The van der Waals surface area contributed by atoms with Gasteiger partial charge in [-0.1, -0.05) is 6.07 Å². The summed E-state index contributed by atoms with van der Waals surface area (Å²) in [6, 6.07) is 10.5. The van der Waals surface area contributed by atoms with Gasteiger partial charge in [0.2, 0.25) is 0 Å². The highest BCUT2D eigenvalue weighted by molar-refractivity contribution is 5.94. The molecule has 30 heavy (non-hydrogen) atoms. The number of imidazole rings is 1. The number of anilines is 3. The Labute approximate surface area is 173 Å². The van der Waals surface area contributed by atoms with Gasteiger partial charge in [-0.15, -0.1) is 0 Å². The number of nitrogens with zero attached hydrogens (tertiary/aromatic N) is 2. The van der Waals surface area contributed by atoms with Crippen molar-refractivity contribution in [1.29, 1.82) is 0 Å². The SMILES string of the molecule is COCCc1c(C(=O)O)ccc(Nc2cccc(-n3cnc(C(=O)OC)c3)c2)c1N. The van der Waals surface area contributed by atoms with Crippen LogP contribution in [0, 0.1) is 0 Å². The molecule has 0 unspecified atom stereocenters. The number of nitrogens with one attached hydrogen (secondary N) is 1. The summed E-state index contributed by atoms with van der Waals surface area (Å²) < 4.78 is 11.4. The van der Waals surface area contributed by atoms with Crippen molar-refractivity contribution >= 4 is 29.0 Å². The molecule has 0 radical (unpaired) electrons. The van der Waals surface area contributed by atoms with Crippen molar-refractivity contribution in [3.8, 4) is 5.69 Å². The molecule has 156 valence electrons. The molecule has 0 fully saturated rings. The van der Waals surface area contributed by atoms with E-state index in [-0.39, 0.29) is 11.3 Å². The van der Waals surface area contributed by atoms with E-state index in [4.69, 9.17) is 10.5 Å². The Bertz CT molecular complexity index is 1080. The highest BCUT2D eigenvalue weighted by Gasteiger charge is 2.16. The molecule has 0 saturated heterocycles. The van der Waals surface area contributed by atoms with Gasteiger partial charge in [0.15, 0.2) is 5.69 Å². The zero-order valence-electron chi connectivity index (χ0n) is 16.6. The molecule has 0 aliphatic carbocycles. The van der Waals surface area contributed by atoms with Crippen molar-refractivity contribution in [2.75, 3.05) is 31.9 Å². The molecule has 9 nitrogen and oxygen atoms in total. The van der Waals surface area contributed by atoms with E-state index >= 15 is 0 Å². The Kier molecular flexibility index (Phi) is 6.33. The normalized spacial score (nSPS) is 10.6. The molecule has 9 heteroatoms. The second-order valence-electron chi connectivity index (χ2n) is 6.43. The van der Waals surface area contributed by atoms with Gasteiger partial charge in [-0.3, -0.25) is 0 Å². The van der Waals surface area contributed by atoms with Gasteiger partial charge in [0.1, 0.15) is 6.33 Å². The van der Waals surface area contributed by atoms with Gasteiger partial charge in [0, 0.05) is 24.7 Å². The molecule has 2 aromatic carbocycles. The molecule has 0 atom stereocenters. The van der Waals surface area contributed by atoms with Gasteiger partial charge in [-0.2, -0.15) is 0 Å². The number of carboxylic acid groups (broad SMARTS) is 1. The zero-order valence-corrected chi connectivity index (χ0v) is 16.6. The van der Waals surface area contributed by atoms with E-state index in [0.717, 1.165) is 11.4 Å². The number of aromatic nitrogens is 2. The fourth-order valence-electron chi connectivity index (χ4n) is 3.02. The van der Waals surface area contributed by atoms with Crippen LogP contribution >= 0.6 is 0 Å². The Morgan fingerprint density at radius 1 is 1.23 bits per heavy atom. The van der Waals surface area contributed by atoms with Gasteiger partial charge in [0.05, 0.1) is 30.7 Å². The molecule has 3 rings (SSSR count). The number of carbonyl (C=O) groups is 2. The fraction of sp³-hybridized carbons (Fsp3) is 0.190. The van der Waals surface area contributed by atoms with Crippen LogP contribution in [0.1, 0.15) is 26.4 Å². The van der Waals surface area contributed by atoms with Gasteiger partial charge in [-0.05, 0) is 42.3 Å². The quantitative estimate of drug-likeness (QED) is 0.382. The predicted molar refractivity (Wildman–Crippen MR) is 112 cm³/mol. The van der Waals surface area contributed by atoms with Crippen LogP contribution in [-0.2, 0) is 15.9 Å². The zero-order chi connectivity index (χ0) is 21.7. The van der Waals surface area contributed by atoms with Crippen LogP contribution in [0.15, 0.2) is 48.9 Å². The number of rotatable bonds is 8. The lowest BCUT2D eigenvalue weighted by Crippen LogP contribution is -2.10. The Morgan fingerprint density at radius 2 is 2.03 bits per heavy atom. The first-order chi connectivity index (χ1) is 14.4. The van der Waals surface area contributed by atoms with Crippen molar-refractivity contribution < 1.29 is 24.2 Å². The van der Waals surface area contributed by atoms with Gasteiger partial charge < -0.3 is 30.2 Å². The summed E-state index contributed by atoms with van der Waals surface area (Å²) in [4.78, 5) is 27.2. The van der Waals surface area contributed by atoms with Crippen LogP contribution in [0.5, 0.6) is 0 Å². The van der Waals surface area contributed by atoms with E-state index in [2.05, 4.69) is 15.0 Å². The first kappa shape index (κ1) is 20.9. The second-order valence-corrected chi connectivity index (χ2v) is 6.43. The maximum Gasteiger partial charge on any atom is 0.358 e. The standard InChI is InChI=1S/C21H22N4O5/c1-29-9-8-15-16(20(26)27)6-7-17(19(15)22)24-13-4-3-5-14(10-13)25-11-18(23-12-25)21(28)30-2/h3-7,10-12,24H,8-9,22H2,1-2H3,(H,26,27). The summed E-state index contributed by atoms with van der Waals surface area (Å²) in [5, 5.41) is 12.7. The van der Waals surface area contributed by atoms with Gasteiger partial charge in [-0.25, -0.2) is 14.6 Å². The van der Waals surface area contributed by atoms with Crippen LogP contribution in [-0.4, -0.2) is 47.4 Å². The minimum atomic E-state index is -1.04. The molecular formula is C21H22N4O5. The van der Waals surface area contributed by atoms with E-state index in [1.54, 1.807) is 23.9 Å². The summed E-state index contributed by atoms with van der Waals surface area (Å²) in [6.07, 6.45) is 3.47. The van der Waals surface area contributed by atoms with Gasteiger partial charge in [0.25, 0.3) is 0 Å². The van der Waals surface area contributed by atoms with E-state index in [0.29, 0.717) is 30.0 Å². The number of carboxylic acids is 1. The number of nitrogen functional groups attached to an aromatic ring is 1. The summed E-state index contributed by atoms with van der Waals surface area (Å²) in [5.41, 5.74) is 9.57. The van der Waals surface area contributed by atoms with Crippen LogP contribution < -0.4 is 11.1 Å². The number of benzene rings is 2. The number of esters is 1. The highest BCUT2D eigenvalue weighted by Crippen LogP contribution is 2.30. The predicted octanol–water partition coefficient (Wildman–Crippen LogP) is 2.87. The first-order valence-corrected chi connectivity index (χ1v) is 9.08.